The molecule has 0 aromatic heterocycles. The van der Waals surface area contributed by atoms with Crippen molar-refractivity contribution in [2.45, 2.75) is 11.8 Å². The topological polar surface area (TPSA) is 55.8 Å². The summed E-state index contributed by atoms with van der Waals surface area (Å²) in [5.74, 6) is 0. The van der Waals surface area contributed by atoms with E-state index >= 15 is 0 Å². The SMILES string of the molecule is O=S1(=O)OCCC1N1CCOCC1. The minimum atomic E-state index is -3.32. The predicted octanol–water partition coefficient (Wildman–Crippen LogP) is -0.605. The summed E-state index contributed by atoms with van der Waals surface area (Å²) in [5, 5.41) is -0.434. The number of nitrogens with zero attached hydrogens (tertiary/aromatic N) is 1. The zero-order valence-corrected chi connectivity index (χ0v) is 8.12. The summed E-state index contributed by atoms with van der Waals surface area (Å²) in [6.07, 6.45) is 0.586. The van der Waals surface area contributed by atoms with Crippen LogP contribution in [0.1, 0.15) is 6.42 Å². The van der Waals surface area contributed by atoms with Crippen LogP contribution in [-0.4, -0.2) is 51.6 Å². The van der Waals surface area contributed by atoms with Crippen molar-refractivity contribution in [3.63, 3.8) is 0 Å². The zero-order valence-electron chi connectivity index (χ0n) is 7.31. The van der Waals surface area contributed by atoms with Gasteiger partial charge in [-0.1, -0.05) is 0 Å². The van der Waals surface area contributed by atoms with E-state index in [0.717, 1.165) is 0 Å². The molecule has 0 radical (unpaired) electrons. The average molecular weight is 207 g/mol. The molecule has 1 atom stereocenters. The fourth-order valence-corrected chi connectivity index (χ4v) is 3.17. The summed E-state index contributed by atoms with van der Waals surface area (Å²) in [4.78, 5) is 1.92. The van der Waals surface area contributed by atoms with Crippen molar-refractivity contribution < 1.29 is 17.3 Å². The Hall–Kier alpha value is -0.170. The Labute approximate surface area is 77.7 Å². The van der Waals surface area contributed by atoms with Crippen LogP contribution < -0.4 is 0 Å². The van der Waals surface area contributed by atoms with E-state index in [0.29, 0.717) is 39.3 Å². The fraction of sp³-hybridized carbons (Fsp3) is 1.00. The van der Waals surface area contributed by atoms with Crippen molar-refractivity contribution in [3.05, 3.63) is 0 Å². The van der Waals surface area contributed by atoms with Gasteiger partial charge in [-0.15, -0.1) is 0 Å². The van der Waals surface area contributed by atoms with E-state index in [1.807, 2.05) is 4.90 Å². The number of ether oxygens (including phenoxy) is 1. The molecule has 0 aliphatic carbocycles. The maximum Gasteiger partial charge on any atom is 0.283 e. The third-order valence-electron chi connectivity index (χ3n) is 2.40. The van der Waals surface area contributed by atoms with Crippen molar-refractivity contribution in [3.8, 4) is 0 Å². The normalized spacial score (nSPS) is 34.9. The third-order valence-corrected chi connectivity index (χ3v) is 4.09. The van der Waals surface area contributed by atoms with Crippen LogP contribution in [0.15, 0.2) is 0 Å². The highest BCUT2D eigenvalue weighted by molar-refractivity contribution is 7.87. The Morgan fingerprint density at radius 3 is 2.38 bits per heavy atom. The molecule has 2 heterocycles. The van der Waals surface area contributed by atoms with Crippen molar-refractivity contribution in [2.75, 3.05) is 32.9 Å². The molecule has 0 aromatic rings. The Bertz CT molecular complexity index is 270. The quantitative estimate of drug-likeness (QED) is 0.537. The second-order valence-corrected chi connectivity index (χ2v) is 4.97. The highest BCUT2D eigenvalue weighted by Crippen LogP contribution is 2.21. The second-order valence-electron chi connectivity index (χ2n) is 3.21. The monoisotopic (exact) mass is 207 g/mol. The van der Waals surface area contributed by atoms with E-state index in [-0.39, 0.29) is 0 Å². The van der Waals surface area contributed by atoms with Crippen LogP contribution >= 0.6 is 0 Å². The van der Waals surface area contributed by atoms with Gasteiger partial charge in [-0.25, -0.2) is 0 Å². The van der Waals surface area contributed by atoms with Gasteiger partial charge in [0.2, 0.25) is 0 Å². The Morgan fingerprint density at radius 1 is 1.15 bits per heavy atom. The minimum Gasteiger partial charge on any atom is -0.379 e. The molecule has 5 nitrogen and oxygen atoms in total. The first-order valence-corrected chi connectivity index (χ1v) is 5.87. The van der Waals surface area contributed by atoms with Gasteiger partial charge in [0.25, 0.3) is 10.1 Å². The second kappa shape index (κ2) is 3.53. The molecule has 2 aliphatic heterocycles. The van der Waals surface area contributed by atoms with Crippen molar-refractivity contribution in [1.29, 1.82) is 0 Å². The number of rotatable bonds is 1. The zero-order chi connectivity index (χ0) is 9.31. The predicted molar refractivity (Wildman–Crippen MR) is 45.7 cm³/mol. The molecule has 76 valence electrons. The van der Waals surface area contributed by atoms with Gasteiger partial charge in [0, 0.05) is 19.5 Å². The Balaban J connectivity index is 2.07. The van der Waals surface area contributed by atoms with Crippen molar-refractivity contribution >= 4 is 10.1 Å². The summed E-state index contributed by atoms with van der Waals surface area (Å²) < 4.78 is 32.6. The molecule has 1 unspecified atom stereocenters. The van der Waals surface area contributed by atoms with E-state index in [1.165, 1.54) is 0 Å². The van der Waals surface area contributed by atoms with Crippen LogP contribution in [0.2, 0.25) is 0 Å². The molecular formula is C7H13NO4S. The molecule has 0 spiro atoms. The largest absolute Gasteiger partial charge is 0.379 e. The van der Waals surface area contributed by atoms with Crippen LogP contribution in [0.3, 0.4) is 0 Å². The summed E-state index contributed by atoms with van der Waals surface area (Å²) in [7, 11) is -3.32. The molecule has 13 heavy (non-hydrogen) atoms. The molecule has 0 aromatic carbocycles. The lowest BCUT2D eigenvalue weighted by Gasteiger charge is -2.29. The number of hydrogen-bond acceptors (Lipinski definition) is 5. The Morgan fingerprint density at radius 2 is 1.85 bits per heavy atom. The summed E-state index contributed by atoms with van der Waals surface area (Å²) in [6.45, 7) is 2.93. The van der Waals surface area contributed by atoms with Gasteiger partial charge in [-0.2, -0.15) is 8.42 Å². The molecule has 0 amide bonds. The molecule has 6 heteroatoms. The van der Waals surface area contributed by atoms with Gasteiger partial charge in [0.05, 0.1) is 19.8 Å². The average Bonchev–Trinajstić information content (AvgIpc) is 2.47. The molecule has 2 fully saturated rings. The highest BCUT2D eigenvalue weighted by atomic mass is 32.2. The molecule has 0 N–H and O–H groups in total. The van der Waals surface area contributed by atoms with Crippen LogP contribution in [-0.2, 0) is 19.0 Å². The van der Waals surface area contributed by atoms with E-state index < -0.39 is 15.5 Å². The van der Waals surface area contributed by atoms with Gasteiger partial charge in [-0.05, 0) is 0 Å². The molecule has 2 rings (SSSR count). The van der Waals surface area contributed by atoms with E-state index in [9.17, 15) is 8.42 Å². The molecule has 2 saturated heterocycles. The fourth-order valence-electron chi connectivity index (χ4n) is 1.72. The molecular weight excluding hydrogens is 194 g/mol. The summed E-state index contributed by atoms with van der Waals surface area (Å²) in [6, 6.07) is 0. The lowest BCUT2D eigenvalue weighted by molar-refractivity contribution is 0.0314. The van der Waals surface area contributed by atoms with Crippen LogP contribution in [0.25, 0.3) is 0 Å². The lowest BCUT2D eigenvalue weighted by Crippen LogP contribution is -2.45. The molecule has 2 aliphatic rings. The smallest absolute Gasteiger partial charge is 0.283 e. The molecule has 0 bridgehead atoms. The van der Waals surface area contributed by atoms with E-state index in [4.69, 9.17) is 8.92 Å². The standard InChI is InChI=1S/C7H13NO4S/c9-13(10)7(1-4-12-13)8-2-5-11-6-3-8/h7H,1-6H2. The van der Waals surface area contributed by atoms with Crippen molar-refractivity contribution in [1.82, 2.24) is 4.90 Å². The summed E-state index contributed by atoms with van der Waals surface area (Å²) >= 11 is 0. The van der Waals surface area contributed by atoms with Crippen LogP contribution in [0.4, 0.5) is 0 Å². The van der Waals surface area contributed by atoms with Crippen LogP contribution in [0.5, 0.6) is 0 Å². The maximum absolute atomic E-state index is 11.4. The number of hydrogen-bond donors (Lipinski definition) is 0. The van der Waals surface area contributed by atoms with Gasteiger partial charge >= 0.3 is 0 Å². The first kappa shape index (κ1) is 9.39. The van der Waals surface area contributed by atoms with Gasteiger partial charge in [-0.3, -0.25) is 9.08 Å². The van der Waals surface area contributed by atoms with Gasteiger partial charge in [0.1, 0.15) is 5.37 Å². The minimum absolute atomic E-state index is 0.324. The van der Waals surface area contributed by atoms with E-state index in [1.54, 1.807) is 0 Å². The number of morpholine rings is 1. The van der Waals surface area contributed by atoms with Crippen LogP contribution in [0, 0.1) is 0 Å². The van der Waals surface area contributed by atoms with Gasteiger partial charge in [0.15, 0.2) is 0 Å². The molecule has 0 saturated carbocycles. The first-order chi connectivity index (χ1) is 6.20. The van der Waals surface area contributed by atoms with Gasteiger partial charge < -0.3 is 4.74 Å². The summed E-state index contributed by atoms with van der Waals surface area (Å²) in [5.41, 5.74) is 0. The lowest BCUT2D eigenvalue weighted by atomic mass is 10.3. The maximum atomic E-state index is 11.4. The first-order valence-electron chi connectivity index (χ1n) is 4.40. The van der Waals surface area contributed by atoms with Crippen molar-refractivity contribution in [2.24, 2.45) is 0 Å². The Kier molecular flexibility index (Phi) is 2.55. The highest BCUT2D eigenvalue weighted by Gasteiger charge is 2.37. The third kappa shape index (κ3) is 1.85. The van der Waals surface area contributed by atoms with E-state index in [2.05, 4.69) is 0 Å².